The molecule has 0 aliphatic heterocycles. The molecule has 0 radical (unpaired) electrons. The second-order valence-electron chi connectivity index (χ2n) is 8.17. The van der Waals surface area contributed by atoms with Gasteiger partial charge in [-0.1, -0.05) is 12.1 Å². The Balaban J connectivity index is 1.47. The molecule has 1 aromatic carbocycles. The minimum Gasteiger partial charge on any atom is -0.376 e. The van der Waals surface area contributed by atoms with Crippen LogP contribution in [-0.4, -0.2) is 27.7 Å². The van der Waals surface area contributed by atoms with Gasteiger partial charge in [-0.3, -0.25) is 0 Å². The average molecular weight is 367 g/mol. The molecular weight excluding hydrogens is 341 g/mol. The minimum atomic E-state index is -3.53. The SMILES string of the molecule is COC1(CNS(=O)(=O)Cc2cccc(F)c2)C2CC3CC(C2)CC1C3. The summed E-state index contributed by atoms with van der Waals surface area (Å²) >= 11 is 0. The highest BCUT2D eigenvalue weighted by Crippen LogP contribution is 2.59. The van der Waals surface area contributed by atoms with E-state index in [0.29, 0.717) is 23.9 Å². The predicted octanol–water partition coefficient (Wildman–Crippen LogP) is 3.09. The first-order chi connectivity index (χ1) is 11.9. The zero-order valence-corrected chi connectivity index (χ0v) is 15.4. The molecule has 4 saturated carbocycles. The van der Waals surface area contributed by atoms with Crippen molar-refractivity contribution in [2.45, 2.75) is 43.5 Å². The van der Waals surface area contributed by atoms with Gasteiger partial charge in [0.25, 0.3) is 0 Å². The molecule has 4 nitrogen and oxygen atoms in total. The fraction of sp³-hybridized carbons (Fsp3) is 0.684. The second kappa shape index (κ2) is 6.32. The molecule has 5 rings (SSSR count). The van der Waals surface area contributed by atoms with Crippen molar-refractivity contribution in [2.24, 2.45) is 23.7 Å². The van der Waals surface area contributed by atoms with Gasteiger partial charge in [0.2, 0.25) is 10.0 Å². The number of halogens is 1. The Morgan fingerprint density at radius 1 is 1.16 bits per heavy atom. The molecule has 1 N–H and O–H groups in total. The molecule has 4 bridgehead atoms. The van der Waals surface area contributed by atoms with Crippen LogP contribution < -0.4 is 4.72 Å². The van der Waals surface area contributed by atoms with Crippen molar-refractivity contribution in [3.8, 4) is 0 Å². The van der Waals surface area contributed by atoms with Crippen molar-refractivity contribution in [3.63, 3.8) is 0 Å². The van der Waals surface area contributed by atoms with Crippen LogP contribution in [0.25, 0.3) is 0 Å². The maximum absolute atomic E-state index is 13.3. The molecule has 0 atom stereocenters. The molecular formula is C19H26FNO3S. The Hall–Kier alpha value is -0.980. The first kappa shape index (κ1) is 17.4. The van der Waals surface area contributed by atoms with Crippen LogP contribution in [0.5, 0.6) is 0 Å². The molecule has 1 aromatic rings. The summed E-state index contributed by atoms with van der Waals surface area (Å²) in [6.45, 7) is 0.329. The average Bonchev–Trinajstić information content (AvgIpc) is 2.54. The highest BCUT2D eigenvalue weighted by molar-refractivity contribution is 7.88. The summed E-state index contributed by atoms with van der Waals surface area (Å²) in [7, 11) is -1.80. The molecule has 0 saturated heterocycles. The highest BCUT2D eigenvalue weighted by Gasteiger charge is 2.57. The van der Waals surface area contributed by atoms with Crippen molar-refractivity contribution in [1.82, 2.24) is 4.72 Å². The smallest absolute Gasteiger partial charge is 0.215 e. The van der Waals surface area contributed by atoms with Crippen LogP contribution in [0.2, 0.25) is 0 Å². The van der Waals surface area contributed by atoms with E-state index in [1.54, 1.807) is 13.2 Å². The van der Waals surface area contributed by atoms with Crippen molar-refractivity contribution >= 4 is 10.0 Å². The fourth-order valence-electron chi connectivity index (χ4n) is 5.80. The first-order valence-electron chi connectivity index (χ1n) is 9.17. The zero-order chi connectivity index (χ0) is 17.7. The topological polar surface area (TPSA) is 55.4 Å². The molecule has 0 amide bonds. The quantitative estimate of drug-likeness (QED) is 0.841. The molecule has 0 unspecified atom stereocenters. The van der Waals surface area contributed by atoms with Gasteiger partial charge in [-0.2, -0.15) is 0 Å². The van der Waals surface area contributed by atoms with Gasteiger partial charge < -0.3 is 4.74 Å². The van der Waals surface area contributed by atoms with E-state index in [-0.39, 0.29) is 11.4 Å². The third-order valence-corrected chi connectivity index (χ3v) is 8.01. The summed E-state index contributed by atoms with van der Waals surface area (Å²) in [5.41, 5.74) is 0.0895. The molecule has 138 valence electrons. The van der Waals surface area contributed by atoms with Gasteiger partial charge in [0.15, 0.2) is 0 Å². The zero-order valence-electron chi connectivity index (χ0n) is 14.6. The number of methoxy groups -OCH3 is 1. The molecule has 4 aliphatic rings. The van der Waals surface area contributed by atoms with Crippen LogP contribution in [0.3, 0.4) is 0 Å². The number of hydrogen-bond donors (Lipinski definition) is 1. The standard InChI is InChI=1S/C19H26FNO3S/c1-24-19(16-6-14-5-15(8-16)9-17(19)7-14)12-21-25(22,23)11-13-3-2-4-18(20)10-13/h2-4,10,14-17,21H,5-9,11-12H2,1H3. The second-order valence-corrected chi connectivity index (χ2v) is 9.98. The number of ether oxygens (including phenoxy) is 1. The van der Waals surface area contributed by atoms with Gasteiger partial charge in [-0.05, 0) is 73.5 Å². The summed E-state index contributed by atoms with van der Waals surface area (Å²) in [6, 6.07) is 5.76. The van der Waals surface area contributed by atoms with Crippen LogP contribution in [0.4, 0.5) is 4.39 Å². The van der Waals surface area contributed by atoms with E-state index in [0.717, 1.165) is 37.5 Å². The number of nitrogens with one attached hydrogen (secondary N) is 1. The van der Waals surface area contributed by atoms with E-state index in [1.165, 1.54) is 24.6 Å². The van der Waals surface area contributed by atoms with Crippen LogP contribution in [0.1, 0.15) is 37.7 Å². The van der Waals surface area contributed by atoms with Crippen LogP contribution in [-0.2, 0) is 20.5 Å². The van der Waals surface area contributed by atoms with Crippen molar-refractivity contribution in [3.05, 3.63) is 35.6 Å². The van der Waals surface area contributed by atoms with Crippen LogP contribution in [0, 0.1) is 29.5 Å². The Morgan fingerprint density at radius 2 is 1.80 bits per heavy atom. The van der Waals surface area contributed by atoms with E-state index in [1.807, 2.05) is 0 Å². The molecule has 4 aliphatic carbocycles. The van der Waals surface area contributed by atoms with Gasteiger partial charge in [0.05, 0.1) is 11.4 Å². The molecule has 6 heteroatoms. The summed E-state index contributed by atoms with van der Waals surface area (Å²) in [6.07, 6.45) is 5.98. The largest absolute Gasteiger partial charge is 0.376 e. The Bertz CT molecular complexity index is 721. The lowest BCUT2D eigenvalue weighted by molar-refractivity contribution is -0.185. The Labute approximate surface area is 149 Å². The summed E-state index contributed by atoms with van der Waals surface area (Å²) in [5, 5.41) is 0. The monoisotopic (exact) mass is 367 g/mol. The predicted molar refractivity (Wildman–Crippen MR) is 93.8 cm³/mol. The van der Waals surface area contributed by atoms with E-state index < -0.39 is 15.8 Å². The van der Waals surface area contributed by atoms with E-state index in [2.05, 4.69) is 4.72 Å². The van der Waals surface area contributed by atoms with Gasteiger partial charge in [0.1, 0.15) is 5.82 Å². The lowest BCUT2D eigenvalue weighted by Gasteiger charge is -2.60. The Morgan fingerprint density at radius 3 is 2.36 bits per heavy atom. The summed E-state index contributed by atoms with van der Waals surface area (Å²) in [4.78, 5) is 0. The molecule has 0 heterocycles. The molecule has 25 heavy (non-hydrogen) atoms. The normalized spacial score (nSPS) is 36.7. The summed E-state index contributed by atoms with van der Waals surface area (Å²) in [5.74, 6) is 1.88. The van der Waals surface area contributed by atoms with Crippen LogP contribution in [0.15, 0.2) is 24.3 Å². The third-order valence-electron chi connectivity index (χ3n) is 6.71. The van der Waals surface area contributed by atoms with Crippen molar-refractivity contribution < 1.29 is 17.5 Å². The molecule has 0 spiro atoms. The van der Waals surface area contributed by atoms with Crippen LogP contribution >= 0.6 is 0 Å². The number of benzene rings is 1. The number of sulfonamides is 1. The minimum absolute atomic E-state index is 0.203. The highest BCUT2D eigenvalue weighted by atomic mass is 32.2. The lowest BCUT2D eigenvalue weighted by Crippen LogP contribution is -2.63. The van der Waals surface area contributed by atoms with Gasteiger partial charge in [-0.25, -0.2) is 17.5 Å². The summed E-state index contributed by atoms with van der Waals surface area (Å²) < 4.78 is 47.1. The van der Waals surface area contributed by atoms with Gasteiger partial charge >= 0.3 is 0 Å². The fourth-order valence-corrected chi connectivity index (χ4v) is 6.96. The number of rotatable bonds is 6. The van der Waals surface area contributed by atoms with E-state index in [4.69, 9.17) is 4.74 Å². The maximum atomic E-state index is 13.3. The molecule has 0 aromatic heterocycles. The van der Waals surface area contributed by atoms with E-state index >= 15 is 0 Å². The van der Waals surface area contributed by atoms with Crippen molar-refractivity contribution in [1.29, 1.82) is 0 Å². The number of hydrogen-bond acceptors (Lipinski definition) is 3. The third kappa shape index (κ3) is 3.24. The molecule has 4 fully saturated rings. The Kier molecular flexibility index (Phi) is 4.41. The van der Waals surface area contributed by atoms with E-state index in [9.17, 15) is 12.8 Å². The van der Waals surface area contributed by atoms with Gasteiger partial charge in [0, 0.05) is 13.7 Å². The lowest BCUT2D eigenvalue weighted by atomic mass is 9.50. The van der Waals surface area contributed by atoms with Crippen molar-refractivity contribution in [2.75, 3.05) is 13.7 Å². The first-order valence-corrected chi connectivity index (χ1v) is 10.8. The maximum Gasteiger partial charge on any atom is 0.215 e. The van der Waals surface area contributed by atoms with Gasteiger partial charge in [-0.15, -0.1) is 0 Å².